The van der Waals surface area contributed by atoms with Crippen LogP contribution in [0.5, 0.6) is 0 Å². The van der Waals surface area contributed by atoms with Crippen LogP contribution in [0.15, 0.2) is 12.2 Å². The highest BCUT2D eigenvalue weighted by molar-refractivity contribution is 5.83. The molecule has 0 aromatic rings. The molecule has 6 nitrogen and oxygen atoms in total. The van der Waals surface area contributed by atoms with E-state index in [1.807, 2.05) is 6.08 Å². The van der Waals surface area contributed by atoms with Crippen molar-refractivity contribution in [3.05, 3.63) is 12.2 Å². The average Bonchev–Trinajstić information content (AvgIpc) is 2.53. The van der Waals surface area contributed by atoms with Crippen molar-refractivity contribution in [1.82, 2.24) is 4.90 Å². The van der Waals surface area contributed by atoms with Gasteiger partial charge in [0.05, 0.1) is 0 Å². The average molecular weight is 311 g/mol. The molecule has 1 fully saturated rings. The molecule has 0 saturated heterocycles. The summed E-state index contributed by atoms with van der Waals surface area (Å²) in [6.45, 7) is 1.08. The van der Waals surface area contributed by atoms with Crippen molar-refractivity contribution < 1.29 is 24.5 Å². The van der Waals surface area contributed by atoms with Gasteiger partial charge in [0.25, 0.3) is 0 Å². The fraction of sp³-hybridized carbons (Fsp3) is 0.750. The lowest BCUT2D eigenvalue weighted by molar-refractivity contribution is -0.153. The summed E-state index contributed by atoms with van der Waals surface area (Å²) in [6, 6.07) is 0. The fourth-order valence-corrected chi connectivity index (χ4v) is 3.24. The Bertz CT molecular complexity index is 415. The van der Waals surface area contributed by atoms with E-state index in [-0.39, 0.29) is 43.0 Å². The Morgan fingerprint density at radius 3 is 2.55 bits per heavy atom. The van der Waals surface area contributed by atoms with Gasteiger partial charge in [-0.1, -0.05) is 6.08 Å². The van der Waals surface area contributed by atoms with Crippen LogP contribution in [0.4, 0.5) is 0 Å². The minimum Gasteiger partial charge on any atom is -0.459 e. The summed E-state index contributed by atoms with van der Waals surface area (Å²) in [7, 11) is 0. The van der Waals surface area contributed by atoms with Crippen molar-refractivity contribution in [2.24, 2.45) is 11.8 Å². The molecular formula is C16H25NO5. The zero-order chi connectivity index (χ0) is 15.9. The number of ether oxygens (including phenoxy) is 1. The molecule has 1 aliphatic carbocycles. The highest BCUT2D eigenvalue weighted by Crippen LogP contribution is 2.35. The van der Waals surface area contributed by atoms with E-state index in [2.05, 4.69) is 0 Å². The van der Waals surface area contributed by atoms with Gasteiger partial charge in [0, 0.05) is 44.2 Å². The molecule has 3 atom stereocenters. The Kier molecular flexibility index (Phi) is 6.39. The quantitative estimate of drug-likeness (QED) is 0.668. The molecule has 22 heavy (non-hydrogen) atoms. The van der Waals surface area contributed by atoms with Crippen LogP contribution in [0.1, 0.15) is 32.1 Å². The molecule has 0 aromatic carbocycles. The Hall–Kier alpha value is -1.40. The van der Waals surface area contributed by atoms with Crippen LogP contribution in [0.3, 0.4) is 0 Å². The summed E-state index contributed by atoms with van der Waals surface area (Å²) in [5.74, 6) is -0.194. The molecule has 0 aromatic heterocycles. The van der Waals surface area contributed by atoms with E-state index in [4.69, 9.17) is 14.9 Å². The van der Waals surface area contributed by atoms with Gasteiger partial charge in [-0.25, -0.2) is 4.79 Å². The predicted octanol–water partition coefficient (Wildman–Crippen LogP) is 0.478. The first-order valence-electron chi connectivity index (χ1n) is 8.05. The molecule has 1 amide bonds. The summed E-state index contributed by atoms with van der Waals surface area (Å²) < 4.78 is 5.34. The van der Waals surface area contributed by atoms with Crippen LogP contribution in [-0.4, -0.2) is 59.4 Å². The number of aliphatic hydroxyl groups excluding tert-OH is 2. The second kappa shape index (κ2) is 8.29. The first-order valence-corrected chi connectivity index (χ1v) is 8.05. The summed E-state index contributed by atoms with van der Waals surface area (Å²) >= 11 is 0. The first kappa shape index (κ1) is 17.0. The highest BCUT2D eigenvalue weighted by Gasteiger charge is 2.37. The third-order valence-electron chi connectivity index (χ3n) is 4.42. The van der Waals surface area contributed by atoms with Crippen LogP contribution < -0.4 is 0 Å². The fourth-order valence-electron chi connectivity index (χ4n) is 3.24. The van der Waals surface area contributed by atoms with Crippen LogP contribution in [0.25, 0.3) is 0 Å². The van der Waals surface area contributed by atoms with E-state index in [0.717, 1.165) is 12.8 Å². The van der Waals surface area contributed by atoms with Gasteiger partial charge in [-0.15, -0.1) is 0 Å². The number of carbonyl (C=O) groups excluding carboxylic acids is 2. The van der Waals surface area contributed by atoms with Gasteiger partial charge in [0.2, 0.25) is 5.91 Å². The van der Waals surface area contributed by atoms with Crippen LogP contribution in [0.2, 0.25) is 0 Å². The summed E-state index contributed by atoms with van der Waals surface area (Å²) in [4.78, 5) is 25.7. The van der Waals surface area contributed by atoms with E-state index >= 15 is 0 Å². The summed E-state index contributed by atoms with van der Waals surface area (Å²) in [5, 5.41) is 17.9. The van der Waals surface area contributed by atoms with Crippen molar-refractivity contribution in [2.75, 3.05) is 26.3 Å². The first-order chi connectivity index (χ1) is 10.7. The molecule has 0 unspecified atom stereocenters. The number of carbonyl (C=O) groups is 2. The molecule has 0 bridgehead atoms. The van der Waals surface area contributed by atoms with E-state index in [9.17, 15) is 9.59 Å². The SMILES string of the molecule is O=C1C=C[C@H]2CC[C@@H](C(=O)N(CCCO)CCCO)C[C@H]2O1. The highest BCUT2D eigenvalue weighted by atomic mass is 16.5. The van der Waals surface area contributed by atoms with E-state index in [1.54, 1.807) is 4.90 Å². The topological polar surface area (TPSA) is 87.1 Å². The minimum absolute atomic E-state index is 0.0423. The number of aliphatic hydroxyl groups is 2. The Balaban J connectivity index is 1.95. The molecule has 2 aliphatic rings. The number of amides is 1. The summed E-state index contributed by atoms with van der Waals surface area (Å²) in [5.41, 5.74) is 0. The van der Waals surface area contributed by atoms with Crippen LogP contribution in [0, 0.1) is 11.8 Å². The predicted molar refractivity (Wildman–Crippen MR) is 79.8 cm³/mol. The maximum atomic E-state index is 12.7. The molecule has 1 heterocycles. The molecule has 6 heteroatoms. The normalized spacial score (nSPS) is 27.2. The second-order valence-electron chi connectivity index (χ2n) is 5.99. The molecule has 2 N–H and O–H groups in total. The number of fused-ring (bicyclic) bond motifs is 1. The number of hydrogen-bond acceptors (Lipinski definition) is 5. The maximum Gasteiger partial charge on any atom is 0.330 e. The standard InChI is InChI=1S/C16H25NO5/c18-9-1-7-17(8-2-10-19)16(21)13-4-3-12-5-6-15(20)22-14(12)11-13/h5-6,12-14,18-19H,1-4,7-11H2/t12-,13-,14-/m1/s1. The molecule has 1 aliphatic heterocycles. The zero-order valence-corrected chi connectivity index (χ0v) is 12.8. The summed E-state index contributed by atoms with van der Waals surface area (Å²) in [6.07, 6.45) is 6.44. The van der Waals surface area contributed by atoms with Crippen LogP contribution in [-0.2, 0) is 14.3 Å². The van der Waals surface area contributed by atoms with Crippen molar-refractivity contribution in [3.8, 4) is 0 Å². The lowest BCUT2D eigenvalue weighted by atomic mass is 9.78. The van der Waals surface area contributed by atoms with Crippen molar-refractivity contribution in [2.45, 2.75) is 38.2 Å². The molecule has 0 radical (unpaired) electrons. The minimum atomic E-state index is -0.327. The Morgan fingerprint density at radius 1 is 1.23 bits per heavy atom. The molecule has 2 rings (SSSR count). The smallest absolute Gasteiger partial charge is 0.330 e. The van der Waals surface area contributed by atoms with E-state index in [1.165, 1.54) is 6.08 Å². The lowest BCUT2D eigenvalue weighted by Gasteiger charge is -2.37. The van der Waals surface area contributed by atoms with Gasteiger partial charge in [0.15, 0.2) is 0 Å². The monoisotopic (exact) mass is 311 g/mol. The third kappa shape index (κ3) is 4.30. The van der Waals surface area contributed by atoms with Gasteiger partial charge in [0.1, 0.15) is 6.10 Å². The second-order valence-corrected chi connectivity index (χ2v) is 5.99. The molecule has 1 saturated carbocycles. The number of nitrogens with zero attached hydrogens (tertiary/aromatic N) is 1. The van der Waals surface area contributed by atoms with E-state index in [0.29, 0.717) is 32.4 Å². The molecule has 124 valence electrons. The molecule has 0 spiro atoms. The van der Waals surface area contributed by atoms with Crippen LogP contribution >= 0.6 is 0 Å². The van der Waals surface area contributed by atoms with Gasteiger partial charge >= 0.3 is 5.97 Å². The number of esters is 1. The lowest BCUT2D eigenvalue weighted by Crippen LogP contribution is -2.43. The molecular weight excluding hydrogens is 286 g/mol. The van der Waals surface area contributed by atoms with Gasteiger partial charge in [-0.2, -0.15) is 0 Å². The van der Waals surface area contributed by atoms with E-state index < -0.39 is 0 Å². The number of hydrogen-bond donors (Lipinski definition) is 2. The largest absolute Gasteiger partial charge is 0.459 e. The zero-order valence-electron chi connectivity index (χ0n) is 12.8. The third-order valence-corrected chi connectivity index (χ3v) is 4.42. The van der Waals surface area contributed by atoms with Gasteiger partial charge in [-0.05, 0) is 32.1 Å². The van der Waals surface area contributed by atoms with Crippen molar-refractivity contribution >= 4 is 11.9 Å². The van der Waals surface area contributed by atoms with Gasteiger partial charge in [-0.3, -0.25) is 4.79 Å². The van der Waals surface area contributed by atoms with Gasteiger partial charge < -0.3 is 19.8 Å². The Labute approximate surface area is 130 Å². The van der Waals surface area contributed by atoms with Crippen molar-refractivity contribution in [1.29, 1.82) is 0 Å². The Morgan fingerprint density at radius 2 is 1.91 bits per heavy atom. The van der Waals surface area contributed by atoms with Crippen molar-refractivity contribution in [3.63, 3.8) is 0 Å². The maximum absolute atomic E-state index is 12.7. The number of rotatable bonds is 7.